The standard InChI is InChI=1S/C12H19N2O4P/c13-17-19(15,16-12-9-5-2-6-10-12)18-14-11-7-3-1-4-8-11/h2,5-6,9-11,14H,1,3-4,7-8,13H2. The number of hydrogen-bond donors (Lipinski definition) is 2. The largest absolute Gasteiger partial charge is 0.563 e. The van der Waals surface area contributed by atoms with E-state index in [4.69, 9.17) is 15.0 Å². The lowest BCUT2D eigenvalue weighted by atomic mass is 9.96. The summed E-state index contributed by atoms with van der Waals surface area (Å²) in [5, 5.41) is 0. The van der Waals surface area contributed by atoms with Crippen molar-refractivity contribution in [1.82, 2.24) is 5.48 Å². The van der Waals surface area contributed by atoms with Gasteiger partial charge in [-0.1, -0.05) is 37.5 Å². The Labute approximate surface area is 112 Å². The highest BCUT2D eigenvalue weighted by Gasteiger charge is 2.30. The lowest BCUT2D eigenvalue weighted by Crippen LogP contribution is -2.31. The summed E-state index contributed by atoms with van der Waals surface area (Å²) >= 11 is 0. The first-order valence-electron chi connectivity index (χ1n) is 6.39. The van der Waals surface area contributed by atoms with E-state index < -0.39 is 7.82 Å². The molecule has 7 heteroatoms. The normalized spacial score (nSPS) is 19.8. The Kier molecular flexibility index (Phi) is 5.36. The fraction of sp³-hybridized carbons (Fsp3) is 0.500. The van der Waals surface area contributed by atoms with Gasteiger partial charge in [-0.2, -0.15) is 14.7 Å². The Morgan fingerprint density at radius 2 is 1.84 bits per heavy atom. The van der Waals surface area contributed by atoms with Gasteiger partial charge in [0.1, 0.15) is 5.75 Å². The molecule has 3 N–H and O–H groups in total. The van der Waals surface area contributed by atoms with E-state index in [2.05, 4.69) is 10.1 Å². The Morgan fingerprint density at radius 1 is 1.16 bits per heavy atom. The number of nitrogens with one attached hydrogen (secondary N) is 1. The second kappa shape index (κ2) is 7.03. The van der Waals surface area contributed by atoms with Crippen molar-refractivity contribution in [3.63, 3.8) is 0 Å². The topological polar surface area (TPSA) is 82.8 Å². The lowest BCUT2D eigenvalue weighted by Gasteiger charge is -2.24. The quantitative estimate of drug-likeness (QED) is 0.618. The van der Waals surface area contributed by atoms with Gasteiger partial charge in [-0.25, -0.2) is 10.5 Å². The molecule has 0 spiro atoms. The zero-order valence-electron chi connectivity index (χ0n) is 10.7. The number of para-hydroxylation sites is 1. The molecule has 1 aromatic rings. The van der Waals surface area contributed by atoms with Crippen LogP contribution >= 0.6 is 7.82 Å². The highest BCUT2D eigenvalue weighted by molar-refractivity contribution is 7.48. The average Bonchev–Trinajstić information content (AvgIpc) is 2.47. The molecule has 0 saturated heterocycles. The molecule has 0 bridgehead atoms. The number of benzene rings is 1. The van der Waals surface area contributed by atoms with Crippen LogP contribution in [0.15, 0.2) is 30.3 Å². The van der Waals surface area contributed by atoms with Gasteiger partial charge in [-0.15, -0.1) is 0 Å². The minimum Gasteiger partial charge on any atom is -0.402 e. The van der Waals surface area contributed by atoms with Gasteiger partial charge >= 0.3 is 7.82 Å². The fourth-order valence-corrected chi connectivity index (χ4v) is 2.81. The summed E-state index contributed by atoms with van der Waals surface area (Å²) in [5.74, 6) is 5.39. The minimum absolute atomic E-state index is 0.164. The summed E-state index contributed by atoms with van der Waals surface area (Å²) in [4.78, 5) is 0. The zero-order chi connectivity index (χ0) is 13.6. The number of hydrogen-bond acceptors (Lipinski definition) is 6. The lowest BCUT2D eigenvalue weighted by molar-refractivity contribution is 0.0710. The third kappa shape index (κ3) is 4.60. The fourth-order valence-electron chi connectivity index (χ4n) is 2.03. The number of hydroxylamine groups is 1. The van der Waals surface area contributed by atoms with Crippen LogP contribution in [-0.4, -0.2) is 6.04 Å². The minimum atomic E-state index is -3.82. The molecule has 1 unspecified atom stereocenters. The Bertz CT molecular complexity index is 423. The van der Waals surface area contributed by atoms with Crippen LogP contribution in [0.25, 0.3) is 0 Å². The average molecular weight is 286 g/mol. The molecule has 1 aromatic carbocycles. The van der Waals surface area contributed by atoms with Crippen molar-refractivity contribution in [2.24, 2.45) is 5.90 Å². The molecule has 6 nitrogen and oxygen atoms in total. The Morgan fingerprint density at radius 3 is 2.47 bits per heavy atom. The molecule has 2 rings (SSSR count). The maximum absolute atomic E-state index is 12.1. The third-order valence-corrected chi connectivity index (χ3v) is 4.05. The monoisotopic (exact) mass is 286 g/mol. The summed E-state index contributed by atoms with van der Waals surface area (Å²) < 4.78 is 26.7. The van der Waals surface area contributed by atoms with Gasteiger partial charge in [0, 0.05) is 6.04 Å². The van der Waals surface area contributed by atoms with Crippen molar-refractivity contribution in [1.29, 1.82) is 0 Å². The van der Waals surface area contributed by atoms with E-state index in [9.17, 15) is 4.57 Å². The zero-order valence-corrected chi connectivity index (χ0v) is 11.6. The van der Waals surface area contributed by atoms with E-state index in [1.807, 2.05) is 6.07 Å². The predicted octanol–water partition coefficient (Wildman–Crippen LogP) is 2.92. The number of phosphoric acid groups is 1. The molecule has 1 aliphatic rings. The van der Waals surface area contributed by atoms with E-state index >= 15 is 0 Å². The van der Waals surface area contributed by atoms with Gasteiger partial charge < -0.3 is 4.52 Å². The molecular weight excluding hydrogens is 267 g/mol. The van der Waals surface area contributed by atoms with Crippen molar-refractivity contribution in [2.75, 3.05) is 0 Å². The van der Waals surface area contributed by atoms with Crippen LogP contribution in [0.2, 0.25) is 0 Å². The molecule has 1 fully saturated rings. The van der Waals surface area contributed by atoms with Crippen LogP contribution in [0.3, 0.4) is 0 Å². The Balaban J connectivity index is 1.88. The molecule has 19 heavy (non-hydrogen) atoms. The molecule has 1 atom stereocenters. The van der Waals surface area contributed by atoms with Gasteiger partial charge in [-0.05, 0) is 25.0 Å². The molecular formula is C12H19N2O4P. The van der Waals surface area contributed by atoms with Gasteiger partial charge in [-0.3, -0.25) is 0 Å². The number of nitrogens with two attached hydrogens (primary N) is 1. The summed E-state index contributed by atoms with van der Waals surface area (Å²) in [7, 11) is -3.82. The van der Waals surface area contributed by atoms with Crippen molar-refractivity contribution in [3.05, 3.63) is 30.3 Å². The van der Waals surface area contributed by atoms with E-state index in [0.717, 1.165) is 25.7 Å². The van der Waals surface area contributed by atoms with Crippen LogP contribution in [0, 0.1) is 0 Å². The molecule has 0 aromatic heterocycles. The van der Waals surface area contributed by atoms with E-state index in [-0.39, 0.29) is 6.04 Å². The summed E-state index contributed by atoms with van der Waals surface area (Å²) in [6.07, 6.45) is 5.46. The maximum Gasteiger partial charge on any atom is 0.563 e. The second-order valence-electron chi connectivity index (χ2n) is 4.50. The van der Waals surface area contributed by atoms with E-state index in [1.54, 1.807) is 24.3 Å². The summed E-state index contributed by atoms with van der Waals surface area (Å²) in [6.45, 7) is 0. The maximum atomic E-state index is 12.1. The highest BCUT2D eigenvalue weighted by atomic mass is 31.2. The molecule has 0 radical (unpaired) electrons. The number of rotatable bonds is 6. The van der Waals surface area contributed by atoms with Crippen LogP contribution < -0.4 is 15.9 Å². The first-order chi connectivity index (χ1) is 9.22. The summed E-state index contributed by atoms with van der Waals surface area (Å²) in [6, 6.07) is 8.79. The first-order valence-corrected chi connectivity index (χ1v) is 7.85. The van der Waals surface area contributed by atoms with Gasteiger partial charge in [0.05, 0.1) is 0 Å². The first kappa shape index (κ1) is 14.5. The smallest absolute Gasteiger partial charge is 0.402 e. The van der Waals surface area contributed by atoms with E-state index in [0.29, 0.717) is 5.75 Å². The van der Waals surface area contributed by atoms with Crippen molar-refractivity contribution < 1.29 is 18.3 Å². The van der Waals surface area contributed by atoms with Crippen molar-refractivity contribution in [3.8, 4) is 5.75 Å². The second-order valence-corrected chi connectivity index (χ2v) is 5.97. The van der Waals surface area contributed by atoms with Crippen molar-refractivity contribution >= 4 is 7.82 Å². The Hall–Kier alpha value is -0.910. The summed E-state index contributed by atoms with van der Waals surface area (Å²) in [5.41, 5.74) is 2.74. The molecule has 106 valence electrons. The SMILES string of the molecule is NOP(=O)(ONC1CCCCC1)Oc1ccccc1. The van der Waals surface area contributed by atoms with Gasteiger partial charge in [0.15, 0.2) is 0 Å². The van der Waals surface area contributed by atoms with E-state index in [1.165, 1.54) is 6.42 Å². The molecule has 0 heterocycles. The molecule has 0 aliphatic heterocycles. The van der Waals surface area contributed by atoms with Crippen LogP contribution in [0.5, 0.6) is 5.75 Å². The molecule has 1 aliphatic carbocycles. The predicted molar refractivity (Wildman–Crippen MR) is 71.0 cm³/mol. The molecule has 0 amide bonds. The molecule has 1 saturated carbocycles. The van der Waals surface area contributed by atoms with Crippen LogP contribution in [0.1, 0.15) is 32.1 Å². The van der Waals surface area contributed by atoms with Crippen molar-refractivity contribution in [2.45, 2.75) is 38.1 Å². The van der Waals surface area contributed by atoms with Crippen LogP contribution in [-0.2, 0) is 13.8 Å². The van der Waals surface area contributed by atoms with Gasteiger partial charge in [0.2, 0.25) is 0 Å². The van der Waals surface area contributed by atoms with Crippen LogP contribution in [0.4, 0.5) is 0 Å². The third-order valence-electron chi connectivity index (χ3n) is 3.03. The highest BCUT2D eigenvalue weighted by Crippen LogP contribution is 2.47. The van der Waals surface area contributed by atoms with Gasteiger partial charge in [0.25, 0.3) is 0 Å².